The van der Waals surface area contributed by atoms with Gasteiger partial charge < -0.3 is 20.5 Å². The summed E-state index contributed by atoms with van der Waals surface area (Å²) in [6, 6.07) is 17.5. The predicted molar refractivity (Wildman–Crippen MR) is 109 cm³/mol. The lowest BCUT2D eigenvalue weighted by atomic mass is 10.1. The van der Waals surface area contributed by atoms with Crippen molar-refractivity contribution in [3.05, 3.63) is 66.2 Å². The van der Waals surface area contributed by atoms with Gasteiger partial charge in [-0.2, -0.15) is 0 Å². The number of rotatable bonds is 6. The Hall–Kier alpha value is -3.54. The number of hydrogen-bond donors (Lipinski definition) is 3. The zero-order chi connectivity index (χ0) is 20.1. The Morgan fingerprint density at radius 3 is 2.32 bits per heavy atom. The molecule has 2 amide bonds. The molecule has 0 aromatic heterocycles. The van der Waals surface area contributed by atoms with E-state index in [9.17, 15) is 14.7 Å². The van der Waals surface area contributed by atoms with Crippen molar-refractivity contribution in [2.24, 2.45) is 0 Å². The predicted octanol–water partition coefficient (Wildman–Crippen LogP) is 3.70. The quantitative estimate of drug-likeness (QED) is 0.571. The number of hydrogen-bond acceptors (Lipinski definition) is 4. The van der Waals surface area contributed by atoms with E-state index < -0.39 is 5.91 Å². The van der Waals surface area contributed by atoms with Crippen molar-refractivity contribution in [2.45, 2.75) is 19.9 Å². The minimum atomic E-state index is -0.438. The third-order valence-electron chi connectivity index (χ3n) is 4.05. The molecule has 6 nitrogen and oxygen atoms in total. The van der Waals surface area contributed by atoms with Gasteiger partial charge in [0.05, 0.1) is 11.3 Å². The molecule has 3 aromatic carbocycles. The minimum absolute atomic E-state index is 0.00321. The number of anilines is 1. The van der Waals surface area contributed by atoms with Crippen LogP contribution in [0.15, 0.2) is 60.7 Å². The fraction of sp³-hybridized carbons (Fsp3) is 0.182. The van der Waals surface area contributed by atoms with Gasteiger partial charge in [0, 0.05) is 6.04 Å². The van der Waals surface area contributed by atoms with Gasteiger partial charge in [-0.15, -0.1) is 0 Å². The van der Waals surface area contributed by atoms with Gasteiger partial charge in [-0.3, -0.25) is 9.59 Å². The van der Waals surface area contributed by atoms with Crippen LogP contribution in [-0.4, -0.2) is 29.6 Å². The molecular weight excluding hydrogens is 356 g/mol. The zero-order valence-corrected chi connectivity index (χ0v) is 15.7. The standard InChI is InChI=1S/C22H22N2O4/c1-14(2)23-21(26)13-28-20-12-16-8-4-3-7-15(16)11-17(20)22(27)24-18-9-5-6-10-19(18)25/h3-12,14,25H,13H2,1-2H3,(H,23,26)(H,24,27). The molecule has 0 spiro atoms. The molecule has 0 aliphatic heterocycles. The summed E-state index contributed by atoms with van der Waals surface area (Å²) >= 11 is 0. The SMILES string of the molecule is CC(C)NC(=O)COc1cc2ccccc2cc1C(=O)Nc1ccccc1O. The van der Waals surface area contributed by atoms with E-state index in [1.807, 2.05) is 38.1 Å². The largest absolute Gasteiger partial charge is 0.506 e. The maximum Gasteiger partial charge on any atom is 0.259 e. The molecule has 0 saturated heterocycles. The molecule has 0 bridgehead atoms. The van der Waals surface area contributed by atoms with Crippen LogP contribution < -0.4 is 15.4 Å². The lowest BCUT2D eigenvalue weighted by molar-refractivity contribution is -0.123. The molecule has 0 radical (unpaired) electrons. The minimum Gasteiger partial charge on any atom is -0.506 e. The summed E-state index contributed by atoms with van der Waals surface area (Å²) in [5.74, 6) is -0.442. The number of phenols is 1. The number of aromatic hydroxyl groups is 1. The summed E-state index contributed by atoms with van der Waals surface area (Å²) in [4.78, 5) is 24.8. The van der Waals surface area contributed by atoms with E-state index in [0.29, 0.717) is 11.4 Å². The first-order valence-corrected chi connectivity index (χ1v) is 8.98. The van der Waals surface area contributed by atoms with E-state index in [4.69, 9.17) is 4.74 Å². The molecule has 0 aliphatic carbocycles. The summed E-state index contributed by atoms with van der Waals surface area (Å²) in [7, 11) is 0. The van der Waals surface area contributed by atoms with Gasteiger partial charge in [-0.25, -0.2) is 0 Å². The normalized spacial score (nSPS) is 10.7. The van der Waals surface area contributed by atoms with Crippen LogP contribution in [0.1, 0.15) is 24.2 Å². The van der Waals surface area contributed by atoms with Crippen molar-refractivity contribution in [3.63, 3.8) is 0 Å². The van der Waals surface area contributed by atoms with Crippen LogP contribution in [0, 0.1) is 0 Å². The molecule has 0 aliphatic rings. The van der Waals surface area contributed by atoms with Crippen LogP contribution in [-0.2, 0) is 4.79 Å². The van der Waals surface area contributed by atoms with Crippen molar-refractivity contribution in [1.82, 2.24) is 5.32 Å². The number of nitrogens with one attached hydrogen (secondary N) is 2. The summed E-state index contributed by atoms with van der Waals surface area (Å²) in [5.41, 5.74) is 0.573. The highest BCUT2D eigenvalue weighted by molar-refractivity contribution is 6.09. The van der Waals surface area contributed by atoms with Crippen molar-refractivity contribution in [3.8, 4) is 11.5 Å². The average molecular weight is 378 g/mol. The smallest absolute Gasteiger partial charge is 0.259 e. The van der Waals surface area contributed by atoms with E-state index in [-0.39, 0.29) is 29.9 Å². The maximum absolute atomic E-state index is 12.9. The zero-order valence-electron chi connectivity index (χ0n) is 15.7. The Balaban J connectivity index is 1.91. The molecule has 6 heteroatoms. The van der Waals surface area contributed by atoms with E-state index >= 15 is 0 Å². The number of phenolic OH excluding ortho intramolecular Hbond substituents is 1. The van der Waals surface area contributed by atoms with Crippen LogP contribution in [0.5, 0.6) is 11.5 Å². The Bertz CT molecular complexity index is 1010. The van der Waals surface area contributed by atoms with Crippen LogP contribution in [0.4, 0.5) is 5.69 Å². The van der Waals surface area contributed by atoms with Crippen molar-refractivity contribution in [2.75, 3.05) is 11.9 Å². The molecule has 0 heterocycles. The molecular formula is C22H22N2O4. The monoisotopic (exact) mass is 378 g/mol. The van der Waals surface area contributed by atoms with Gasteiger partial charge in [-0.1, -0.05) is 36.4 Å². The second kappa shape index (κ2) is 8.43. The van der Waals surface area contributed by atoms with Crippen LogP contribution >= 0.6 is 0 Å². The van der Waals surface area contributed by atoms with Gasteiger partial charge in [0.1, 0.15) is 11.5 Å². The Labute approximate surface area is 163 Å². The van der Waals surface area contributed by atoms with E-state index in [0.717, 1.165) is 10.8 Å². The summed E-state index contributed by atoms with van der Waals surface area (Å²) < 4.78 is 5.66. The van der Waals surface area contributed by atoms with Crippen LogP contribution in [0.25, 0.3) is 10.8 Å². The highest BCUT2D eigenvalue weighted by Crippen LogP contribution is 2.28. The highest BCUT2D eigenvalue weighted by Gasteiger charge is 2.17. The molecule has 3 aromatic rings. The number of para-hydroxylation sites is 2. The first-order valence-electron chi connectivity index (χ1n) is 8.98. The van der Waals surface area contributed by atoms with Crippen molar-refractivity contribution in [1.29, 1.82) is 0 Å². The van der Waals surface area contributed by atoms with Crippen molar-refractivity contribution >= 4 is 28.3 Å². The number of fused-ring (bicyclic) bond motifs is 1. The molecule has 3 rings (SSSR count). The molecule has 0 atom stereocenters. The lowest BCUT2D eigenvalue weighted by Crippen LogP contribution is -2.34. The number of carbonyl (C=O) groups is 2. The second-order valence-electron chi connectivity index (χ2n) is 6.68. The van der Waals surface area contributed by atoms with Crippen LogP contribution in [0.2, 0.25) is 0 Å². The topological polar surface area (TPSA) is 87.7 Å². The number of benzene rings is 3. The molecule has 0 saturated carbocycles. The third kappa shape index (κ3) is 4.59. The highest BCUT2D eigenvalue weighted by atomic mass is 16.5. The number of amides is 2. The van der Waals surface area contributed by atoms with Gasteiger partial charge in [0.2, 0.25) is 0 Å². The Kier molecular flexibility index (Phi) is 5.79. The maximum atomic E-state index is 12.9. The van der Waals surface area contributed by atoms with Gasteiger partial charge in [0.15, 0.2) is 6.61 Å². The first kappa shape index (κ1) is 19.2. The lowest BCUT2D eigenvalue weighted by Gasteiger charge is -2.14. The van der Waals surface area contributed by atoms with Gasteiger partial charge >= 0.3 is 0 Å². The van der Waals surface area contributed by atoms with E-state index in [1.54, 1.807) is 30.3 Å². The van der Waals surface area contributed by atoms with Crippen LogP contribution in [0.3, 0.4) is 0 Å². The summed E-state index contributed by atoms with van der Waals surface area (Å²) in [6.45, 7) is 3.52. The Morgan fingerprint density at radius 1 is 1.00 bits per heavy atom. The third-order valence-corrected chi connectivity index (χ3v) is 4.05. The van der Waals surface area contributed by atoms with E-state index in [1.165, 1.54) is 6.07 Å². The summed E-state index contributed by atoms with van der Waals surface area (Å²) in [6.07, 6.45) is 0. The molecule has 3 N–H and O–H groups in total. The molecule has 0 fully saturated rings. The average Bonchev–Trinajstić information content (AvgIpc) is 2.67. The molecule has 0 unspecified atom stereocenters. The molecule has 144 valence electrons. The summed E-state index contributed by atoms with van der Waals surface area (Å²) in [5, 5.41) is 17.1. The second-order valence-corrected chi connectivity index (χ2v) is 6.68. The fourth-order valence-corrected chi connectivity index (χ4v) is 2.79. The number of ether oxygens (including phenoxy) is 1. The fourth-order valence-electron chi connectivity index (χ4n) is 2.79. The Morgan fingerprint density at radius 2 is 1.64 bits per heavy atom. The van der Waals surface area contributed by atoms with Crippen molar-refractivity contribution < 1.29 is 19.4 Å². The number of carbonyl (C=O) groups excluding carboxylic acids is 2. The molecule has 28 heavy (non-hydrogen) atoms. The van der Waals surface area contributed by atoms with Gasteiger partial charge in [-0.05, 0) is 48.9 Å². The van der Waals surface area contributed by atoms with E-state index in [2.05, 4.69) is 10.6 Å². The van der Waals surface area contributed by atoms with Gasteiger partial charge in [0.25, 0.3) is 11.8 Å². The first-order chi connectivity index (χ1) is 13.4.